The topological polar surface area (TPSA) is 44.5 Å². The van der Waals surface area contributed by atoms with Crippen molar-refractivity contribution in [2.75, 3.05) is 39.8 Å². The highest BCUT2D eigenvalue weighted by Crippen LogP contribution is 2.33. The van der Waals surface area contributed by atoms with Crippen LogP contribution in [-0.4, -0.2) is 55.2 Å². The quantitative estimate of drug-likeness (QED) is 0.740. The minimum atomic E-state index is 0.0982. The van der Waals surface area contributed by atoms with Crippen LogP contribution in [0.5, 0.6) is 0 Å². The molecule has 1 heterocycles. The van der Waals surface area contributed by atoms with E-state index in [2.05, 4.69) is 29.3 Å². The lowest BCUT2D eigenvalue weighted by molar-refractivity contribution is 0.0454. The van der Waals surface area contributed by atoms with Gasteiger partial charge >= 0.3 is 0 Å². The molecule has 1 saturated heterocycles. The van der Waals surface area contributed by atoms with Gasteiger partial charge in [0.25, 0.3) is 0 Å². The maximum absolute atomic E-state index is 5.98. The summed E-state index contributed by atoms with van der Waals surface area (Å²) in [6, 6.07) is 0. The Morgan fingerprint density at radius 2 is 1.88 bits per heavy atom. The van der Waals surface area contributed by atoms with Crippen molar-refractivity contribution < 1.29 is 0 Å². The van der Waals surface area contributed by atoms with Crippen molar-refractivity contribution in [1.29, 1.82) is 0 Å². The highest BCUT2D eigenvalue weighted by molar-refractivity contribution is 4.89. The SMILES string of the molecule is CN1CCN(NC(C)(CN)CC2CCC2)CC1. The molecule has 1 aliphatic carbocycles. The number of likely N-dealkylation sites (N-methyl/N-ethyl adjacent to an activating group) is 1. The summed E-state index contributed by atoms with van der Waals surface area (Å²) in [5, 5.41) is 2.37. The largest absolute Gasteiger partial charge is 0.329 e. The lowest BCUT2D eigenvalue weighted by Crippen LogP contribution is -2.61. The molecule has 4 nitrogen and oxygen atoms in total. The van der Waals surface area contributed by atoms with Gasteiger partial charge in [0, 0.05) is 38.3 Å². The lowest BCUT2D eigenvalue weighted by atomic mass is 9.77. The number of rotatable bonds is 5. The Labute approximate surface area is 105 Å². The minimum Gasteiger partial charge on any atom is -0.329 e. The van der Waals surface area contributed by atoms with Gasteiger partial charge in [0.1, 0.15) is 0 Å². The monoisotopic (exact) mass is 240 g/mol. The molecular weight excluding hydrogens is 212 g/mol. The zero-order valence-electron chi connectivity index (χ0n) is 11.4. The van der Waals surface area contributed by atoms with Crippen molar-refractivity contribution in [1.82, 2.24) is 15.3 Å². The molecule has 1 aliphatic heterocycles. The molecule has 2 rings (SSSR count). The van der Waals surface area contributed by atoms with Crippen LogP contribution in [0.3, 0.4) is 0 Å². The van der Waals surface area contributed by atoms with Crippen molar-refractivity contribution in [3.8, 4) is 0 Å². The van der Waals surface area contributed by atoms with Gasteiger partial charge < -0.3 is 10.6 Å². The lowest BCUT2D eigenvalue weighted by Gasteiger charge is -2.43. The molecule has 3 N–H and O–H groups in total. The van der Waals surface area contributed by atoms with E-state index in [1.54, 1.807) is 0 Å². The van der Waals surface area contributed by atoms with E-state index in [1.165, 1.54) is 25.7 Å². The summed E-state index contributed by atoms with van der Waals surface area (Å²) in [5.74, 6) is 0.906. The molecule has 17 heavy (non-hydrogen) atoms. The minimum absolute atomic E-state index is 0.0982. The molecule has 0 aromatic heterocycles. The molecule has 0 radical (unpaired) electrons. The third kappa shape index (κ3) is 3.65. The molecule has 1 atom stereocenters. The number of piperazine rings is 1. The predicted octanol–water partition coefficient (Wildman–Crippen LogP) is 0.646. The number of nitrogens with zero attached hydrogens (tertiary/aromatic N) is 2. The second kappa shape index (κ2) is 5.65. The smallest absolute Gasteiger partial charge is 0.0422 e. The van der Waals surface area contributed by atoms with Crippen molar-refractivity contribution in [2.24, 2.45) is 11.7 Å². The predicted molar refractivity (Wildman–Crippen MR) is 71.6 cm³/mol. The number of hydrazine groups is 1. The van der Waals surface area contributed by atoms with Crippen LogP contribution in [0.4, 0.5) is 0 Å². The number of hydrogen-bond donors (Lipinski definition) is 2. The number of nitrogens with one attached hydrogen (secondary N) is 1. The van der Waals surface area contributed by atoms with Gasteiger partial charge in [-0.05, 0) is 26.3 Å². The van der Waals surface area contributed by atoms with Gasteiger partial charge in [0.05, 0.1) is 0 Å². The van der Waals surface area contributed by atoms with E-state index in [0.717, 1.165) is 38.6 Å². The van der Waals surface area contributed by atoms with Gasteiger partial charge in [-0.3, -0.25) is 0 Å². The maximum atomic E-state index is 5.98. The summed E-state index contributed by atoms with van der Waals surface area (Å²) in [6.07, 6.45) is 5.45. The van der Waals surface area contributed by atoms with Gasteiger partial charge in [-0.2, -0.15) is 0 Å². The Hall–Kier alpha value is -0.160. The average Bonchev–Trinajstić information content (AvgIpc) is 2.27. The van der Waals surface area contributed by atoms with Crippen LogP contribution in [0.15, 0.2) is 0 Å². The van der Waals surface area contributed by atoms with Crippen LogP contribution >= 0.6 is 0 Å². The van der Waals surface area contributed by atoms with E-state index in [-0.39, 0.29) is 5.54 Å². The third-order valence-corrected chi connectivity index (χ3v) is 4.35. The Balaban J connectivity index is 1.80. The zero-order valence-corrected chi connectivity index (χ0v) is 11.4. The summed E-state index contributed by atoms with van der Waals surface area (Å²) in [5.41, 5.74) is 9.76. The number of hydrogen-bond acceptors (Lipinski definition) is 4. The van der Waals surface area contributed by atoms with E-state index in [9.17, 15) is 0 Å². The van der Waals surface area contributed by atoms with Crippen molar-refractivity contribution >= 4 is 0 Å². The van der Waals surface area contributed by atoms with Crippen molar-refractivity contribution in [2.45, 2.75) is 38.1 Å². The molecule has 0 bridgehead atoms. The summed E-state index contributed by atoms with van der Waals surface area (Å²) in [7, 11) is 2.19. The molecule has 0 spiro atoms. The van der Waals surface area contributed by atoms with Crippen LogP contribution in [0.25, 0.3) is 0 Å². The highest BCUT2D eigenvalue weighted by atomic mass is 15.5. The Bertz CT molecular complexity index is 234. The second-order valence-corrected chi connectivity index (χ2v) is 6.17. The van der Waals surface area contributed by atoms with Gasteiger partial charge in [-0.25, -0.2) is 10.4 Å². The second-order valence-electron chi connectivity index (χ2n) is 6.17. The van der Waals surface area contributed by atoms with Crippen LogP contribution < -0.4 is 11.2 Å². The molecule has 0 aromatic rings. The molecule has 1 unspecified atom stereocenters. The fourth-order valence-electron chi connectivity index (χ4n) is 2.81. The van der Waals surface area contributed by atoms with Crippen LogP contribution in [0.2, 0.25) is 0 Å². The zero-order chi connectivity index (χ0) is 12.3. The molecule has 0 amide bonds. The van der Waals surface area contributed by atoms with E-state index >= 15 is 0 Å². The summed E-state index contributed by atoms with van der Waals surface area (Å²) >= 11 is 0. The Kier molecular flexibility index (Phi) is 4.42. The van der Waals surface area contributed by atoms with Crippen LogP contribution in [0.1, 0.15) is 32.6 Å². The third-order valence-electron chi connectivity index (χ3n) is 4.35. The molecular formula is C13H28N4. The van der Waals surface area contributed by atoms with E-state index in [1.807, 2.05) is 0 Å². The first-order chi connectivity index (χ1) is 8.11. The van der Waals surface area contributed by atoms with E-state index in [4.69, 9.17) is 5.73 Å². The normalized spacial score (nSPS) is 27.7. The fourth-order valence-corrected chi connectivity index (χ4v) is 2.81. The summed E-state index contributed by atoms with van der Waals surface area (Å²) in [6.45, 7) is 7.53. The van der Waals surface area contributed by atoms with Gasteiger partial charge in [0.15, 0.2) is 0 Å². The maximum Gasteiger partial charge on any atom is 0.0422 e. The van der Waals surface area contributed by atoms with Gasteiger partial charge in [-0.15, -0.1) is 0 Å². The molecule has 2 aliphatic rings. The molecule has 1 saturated carbocycles. The van der Waals surface area contributed by atoms with Crippen LogP contribution in [-0.2, 0) is 0 Å². The van der Waals surface area contributed by atoms with Gasteiger partial charge in [-0.1, -0.05) is 19.3 Å². The standard InChI is InChI=1S/C13H28N4/c1-13(11-14,10-12-4-3-5-12)15-17-8-6-16(2)7-9-17/h12,15H,3-11,14H2,1-2H3. The first-order valence-corrected chi connectivity index (χ1v) is 7.03. The van der Waals surface area contributed by atoms with Crippen molar-refractivity contribution in [3.05, 3.63) is 0 Å². The molecule has 4 heteroatoms. The Morgan fingerprint density at radius 1 is 1.24 bits per heavy atom. The number of nitrogens with two attached hydrogens (primary N) is 1. The first-order valence-electron chi connectivity index (χ1n) is 7.03. The van der Waals surface area contributed by atoms with E-state index in [0.29, 0.717) is 0 Å². The molecule has 0 aromatic carbocycles. The highest BCUT2D eigenvalue weighted by Gasteiger charge is 2.31. The average molecular weight is 240 g/mol. The summed E-state index contributed by atoms with van der Waals surface area (Å²) < 4.78 is 0. The van der Waals surface area contributed by atoms with E-state index < -0.39 is 0 Å². The van der Waals surface area contributed by atoms with Crippen LogP contribution in [0, 0.1) is 5.92 Å². The van der Waals surface area contributed by atoms with Crippen molar-refractivity contribution in [3.63, 3.8) is 0 Å². The summed E-state index contributed by atoms with van der Waals surface area (Å²) in [4.78, 5) is 2.38. The first kappa shape index (κ1) is 13.3. The molecule has 2 fully saturated rings. The fraction of sp³-hybridized carbons (Fsp3) is 1.00. The Morgan fingerprint density at radius 3 is 2.35 bits per heavy atom. The molecule has 100 valence electrons. The van der Waals surface area contributed by atoms with Gasteiger partial charge in [0.2, 0.25) is 0 Å².